The van der Waals surface area contributed by atoms with E-state index in [4.69, 9.17) is 12.2 Å². The highest BCUT2D eigenvalue weighted by atomic mass is 32.1. The van der Waals surface area contributed by atoms with E-state index < -0.39 is 0 Å². The Kier molecular flexibility index (Phi) is 2.90. The number of carbonyl (C=O) groups excluding carboxylic acids is 1. The van der Waals surface area contributed by atoms with Crippen LogP contribution in [0.4, 0.5) is 0 Å². The molecule has 82 valence electrons. The number of rotatable bonds is 2. The fraction of sp³-hybridized carbons (Fsp3) is 0.600. The molecular formula is C10H15N3OS. The highest BCUT2D eigenvalue weighted by Crippen LogP contribution is 2.08. The second-order valence-electron chi connectivity index (χ2n) is 3.96. The van der Waals surface area contributed by atoms with Crippen LogP contribution in [0.3, 0.4) is 0 Å². The first-order valence-corrected chi connectivity index (χ1v) is 5.61. The van der Waals surface area contributed by atoms with Gasteiger partial charge in [0.25, 0.3) is 0 Å². The molecule has 1 fully saturated rings. The Morgan fingerprint density at radius 3 is 2.73 bits per heavy atom. The zero-order chi connectivity index (χ0) is 10.8. The fourth-order valence-electron chi connectivity index (χ4n) is 1.89. The van der Waals surface area contributed by atoms with E-state index in [0.717, 1.165) is 31.6 Å². The molecule has 1 aromatic rings. The molecule has 0 bridgehead atoms. The van der Waals surface area contributed by atoms with Crippen molar-refractivity contribution in [3.8, 4) is 0 Å². The minimum absolute atomic E-state index is 0.169. The summed E-state index contributed by atoms with van der Waals surface area (Å²) in [6, 6.07) is 0. The number of amides is 1. The van der Waals surface area contributed by atoms with Gasteiger partial charge in [-0.25, -0.2) is 0 Å². The fourth-order valence-corrected chi connectivity index (χ4v) is 2.17. The van der Waals surface area contributed by atoms with Crippen molar-refractivity contribution in [3.63, 3.8) is 0 Å². The van der Waals surface area contributed by atoms with Crippen molar-refractivity contribution in [2.45, 2.75) is 26.3 Å². The lowest BCUT2D eigenvalue weighted by Gasteiger charge is -2.15. The number of imidazole rings is 1. The Morgan fingerprint density at radius 1 is 1.53 bits per heavy atom. The van der Waals surface area contributed by atoms with Gasteiger partial charge in [-0.05, 0) is 32.0 Å². The summed E-state index contributed by atoms with van der Waals surface area (Å²) in [6.45, 7) is 4.10. The third-order valence-corrected chi connectivity index (χ3v) is 3.02. The van der Waals surface area contributed by atoms with E-state index in [0.29, 0.717) is 11.3 Å². The summed E-state index contributed by atoms with van der Waals surface area (Å²) in [5, 5.41) is 0. The lowest BCUT2D eigenvalue weighted by Crippen LogP contribution is -2.30. The zero-order valence-electron chi connectivity index (χ0n) is 8.82. The summed E-state index contributed by atoms with van der Waals surface area (Å²) in [4.78, 5) is 16.7. The molecular weight excluding hydrogens is 210 g/mol. The van der Waals surface area contributed by atoms with Crippen molar-refractivity contribution in [1.29, 1.82) is 0 Å². The van der Waals surface area contributed by atoms with Crippen LogP contribution in [-0.4, -0.2) is 33.4 Å². The molecule has 0 aliphatic carbocycles. The SMILES string of the molecule is Cc1cn(CC(=O)N2CCCC2)c(=S)[nH]1. The Morgan fingerprint density at radius 2 is 2.20 bits per heavy atom. The van der Waals surface area contributed by atoms with E-state index in [1.54, 1.807) is 4.57 Å². The number of H-pyrrole nitrogens is 1. The normalized spacial score (nSPS) is 15.9. The Balaban J connectivity index is 2.05. The van der Waals surface area contributed by atoms with Gasteiger partial charge in [0, 0.05) is 25.0 Å². The highest BCUT2D eigenvalue weighted by molar-refractivity contribution is 7.71. The maximum atomic E-state index is 11.8. The van der Waals surface area contributed by atoms with Crippen LogP contribution in [0.25, 0.3) is 0 Å². The van der Waals surface area contributed by atoms with Gasteiger partial charge in [-0.2, -0.15) is 0 Å². The molecule has 0 aromatic carbocycles. The van der Waals surface area contributed by atoms with Crippen molar-refractivity contribution in [1.82, 2.24) is 14.5 Å². The summed E-state index contributed by atoms with van der Waals surface area (Å²) in [5.41, 5.74) is 0.995. The molecule has 1 saturated heterocycles. The van der Waals surface area contributed by atoms with E-state index >= 15 is 0 Å². The zero-order valence-corrected chi connectivity index (χ0v) is 9.64. The van der Waals surface area contributed by atoms with Crippen LogP contribution in [-0.2, 0) is 11.3 Å². The van der Waals surface area contributed by atoms with Gasteiger partial charge >= 0.3 is 0 Å². The summed E-state index contributed by atoms with van der Waals surface area (Å²) in [5.74, 6) is 0.169. The molecule has 1 aliphatic heterocycles. The summed E-state index contributed by atoms with van der Waals surface area (Å²) in [7, 11) is 0. The molecule has 15 heavy (non-hydrogen) atoms. The first-order valence-electron chi connectivity index (χ1n) is 5.20. The molecule has 2 rings (SSSR count). The van der Waals surface area contributed by atoms with E-state index in [1.165, 1.54) is 0 Å². The second kappa shape index (κ2) is 4.18. The smallest absolute Gasteiger partial charge is 0.242 e. The Labute approximate surface area is 93.9 Å². The number of nitrogens with one attached hydrogen (secondary N) is 1. The molecule has 0 radical (unpaired) electrons. The monoisotopic (exact) mass is 225 g/mol. The Bertz CT molecular complexity index is 415. The molecule has 0 spiro atoms. The van der Waals surface area contributed by atoms with Crippen LogP contribution >= 0.6 is 12.2 Å². The van der Waals surface area contributed by atoms with Crippen molar-refractivity contribution >= 4 is 18.1 Å². The van der Waals surface area contributed by atoms with E-state index in [1.807, 2.05) is 18.0 Å². The summed E-state index contributed by atoms with van der Waals surface area (Å²) in [6.07, 6.45) is 4.14. The lowest BCUT2D eigenvalue weighted by atomic mass is 10.4. The first kappa shape index (κ1) is 10.4. The van der Waals surface area contributed by atoms with Crippen LogP contribution in [0.15, 0.2) is 6.20 Å². The molecule has 2 heterocycles. The van der Waals surface area contributed by atoms with Crippen LogP contribution in [0, 0.1) is 11.7 Å². The van der Waals surface area contributed by atoms with Gasteiger partial charge in [0.2, 0.25) is 5.91 Å². The van der Waals surface area contributed by atoms with Gasteiger partial charge in [0.1, 0.15) is 6.54 Å². The van der Waals surface area contributed by atoms with Gasteiger partial charge in [0.05, 0.1) is 0 Å². The number of aryl methyl sites for hydroxylation is 1. The maximum Gasteiger partial charge on any atom is 0.242 e. The molecule has 0 unspecified atom stereocenters. The van der Waals surface area contributed by atoms with Crippen molar-refractivity contribution in [2.24, 2.45) is 0 Å². The molecule has 1 N–H and O–H groups in total. The van der Waals surface area contributed by atoms with Gasteiger partial charge in [-0.1, -0.05) is 0 Å². The minimum atomic E-state index is 0.169. The third-order valence-electron chi connectivity index (χ3n) is 2.68. The van der Waals surface area contributed by atoms with Crippen LogP contribution in [0.2, 0.25) is 0 Å². The number of carbonyl (C=O) groups is 1. The van der Waals surface area contributed by atoms with Crippen LogP contribution in [0.1, 0.15) is 18.5 Å². The van der Waals surface area contributed by atoms with Gasteiger partial charge in [0.15, 0.2) is 4.77 Å². The Hall–Kier alpha value is -1.10. The average molecular weight is 225 g/mol. The van der Waals surface area contributed by atoms with Crippen molar-refractivity contribution < 1.29 is 4.79 Å². The predicted octanol–water partition coefficient (Wildman–Crippen LogP) is 1.48. The number of nitrogens with zero attached hydrogens (tertiary/aromatic N) is 2. The largest absolute Gasteiger partial charge is 0.341 e. The van der Waals surface area contributed by atoms with Crippen molar-refractivity contribution in [3.05, 3.63) is 16.7 Å². The molecule has 5 heteroatoms. The molecule has 4 nitrogen and oxygen atoms in total. The molecule has 0 saturated carbocycles. The van der Waals surface area contributed by atoms with Gasteiger partial charge < -0.3 is 14.5 Å². The topological polar surface area (TPSA) is 41.0 Å². The number of aromatic amines is 1. The van der Waals surface area contributed by atoms with E-state index in [-0.39, 0.29) is 5.91 Å². The van der Waals surface area contributed by atoms with Gasteiger partial charge in [-0.15, -0.1) is 0 Å². The van der Waals surface area contributed by atoms with Crippen LogP contribution in [0.5, 0.6) is 0 Å². The molecule has 1 amide bonds. The lowest BCUT2D eigenvalue weighted by molar-refractivity contribution is -0.130. The van der Waals surface area contributed by atoms with Crippen LogP contribution < -0.4 is 0 Å². The number of hydrogen-bond acceptors (Lipinski definition) is 2. The van der Waals surface area contributed by atoms with E-state index in [9.17, 15) is 4.79 Å². The number of hydrogen-bond donors (Lipinski definition) is 1. The van der Waals surface area contributed by atoms with Crippen molar-refractivity contribution in [2.75, 3.05) is 13.1 Å². The standard InChI is InChI=1S/C10H15N3OS/c1-8-6-13(10(15)11-8)7-9(14)12-4-2-3-5-12/h6H,2-5,7H2,1H3,(H,11,15). The molecule has 1 aromatic heterocycles. The number of aromatic nitrogens is 2. The average Bonchev–Trinajstić information content (AvgIpc) is 2.76. The number of likely N-dealkylation sites (tertiary alicyclic amines) is 1. The summed E-state index contributed by atoms with van der Waals surface area (Å²) >= 11 is 5.10. The minimum Gasteiger partial charge on any atom is -0.341 e. The first-order chi connectivity index (χ1) is 7.16. The predicted molar refractivity (Wildman–Crippen MR) is 60.2 cm³/mol. The van der Waals surface area contributed by atoms with Gasteiger partial charge in [-0.3, -0.25) is 4.79 Å². The molecule has 1 aliphatic rings. The second-order valence-corrected chi connectivity index (χ2v) is 4.34. The quantitative estimate of drug-likeness (QED) is 0.774. The highest BCUT2D eigenvalue weighted by Gasteiger charge is 2.18. The third kappa shape index (κ3) is 2.28. The maximum absolute atomic E-state index is 11.8. The van der Waals surface area contributed by atoms with E-state index in [2.05, 4.69) is 4.98 Å². The molecule has 0 atom stereocenters. The summed E-state index contributed by atoms with van der Waals surface area (Å²) < 4.78 is 2.42.